The number of aliphatic carboxylic acids is 4. The SMILES string of the molecule is CCCCCCCCC(/C=C/CCCCCCC(=O)OC(COC(=O)CCCCCCC/C=C\C=C\C(CCCCC)C(CC(=O)[O-])C(=O)O)COC(=O)CCCCCCC/C=C\C/C=C\C=C\C(CC)C1CC(=O)OC1=O)C(CC(=O)O)C(=O)O. The van der Waals surface area contributed by atoms with Gasteiger partial charge in [-0.3, -0.25) is 38.4 Å². The molecule has 1 saturated heterocycles. The van der Waals surface area contributed by atoms with E-state index < -0.39 is 96.3 Å². The van der Waals surface area contributed by atoms with Gasteiger partial charge in [0.2, 0.25) is 0 Å². The molecule has 17 nitrogen and oxygen atoms in total. The van der Waals surface area contributed by atoms with Gasteiger partial charge in [0.1, 0.15) is 13.2 Å². The molecule has 0 bridgehead atoms. The van der Waals surface area contributed by atoms with Gasteiger partial charge < -0.3 is 44.2 Å². The standard InChI is InChI=1S/C69H108O17/c1-4-7-9-10-26-35-44-56(59(68(80)81)50-62(72)73)45-37-29-24-25-32-40-48-65(76)85-57(52-83-63(74)46-38-30-22-18-14-12-11-13-16-20-27-34-41-54(6-3)60-51-66(77)86-69(60)82)53-84-64(75)47-39-31-23-19-15-17-21-28-36-43-55(42-33-8-5-2)58(67(78)79)49-61(70)71/h11,13,20-21,27-28,34,36-37,41,43,45,54-60H,4-10,12,14-19,22-26,29-33,35,38-40,42,44,46-53H2,1-3H3,(H,70,71)(H,72,73)(H,78,79)(H,80,81)/p-1/b13-11-,27-20-,28-21-,41-34+,43-36+,45-37+. The van der Waals surface area contributed by atoms with Crippen molar-refractivity contribution in [2.45, 2.75) is 258 Å². The van der Waals surface area contributed by atoms with Crippen LogP contribution in [0.3, 0.4) is 0 Å². The molecule has 0 aromatic carbocycles. The summed E-state index contributed by atoms with van der Waals surface area (Å²) < 4.78 is 21.4. The largest absolute Gasteiger partial charge is 0.550 e. The Morgan fingerprint density at radius 1 is 0.523 bits per heavy atom. The minimum atomic E-state index is -1.37. The molecule has 1 heterocycles. The van der Waals surface area contributed by atoms with E-state index in [2.05, 4.69) is 19.1 Å². The molecule has 0 spiro atoms. The molecule has 86 heavy (non-hydrogen) atoms. The Bertz CT molecular complexity index is 2120. The molecule has 3 N–H and O–H groups in total. The van der Waals surface area contributed by atoms with Crippen LogP contribution in [0.2, 0.25) is 0 Å². The van der Waals surface area contributed by atoms with Crippen molar-refractivity contribution in [1.82, 2.24) is 0 Å². The lowest BCUT2D eigenvalue weighted by molar-refractivity contribution is -0.307. The molecule has 0 aromatic heterocycles. The highest BCUT2D eigenvalue weighted by molar-refractivity contribution is 5.95. The summed E-state index contributed by atoms with van der Waals surface area (Å²) in [5.74, 6) is -10.2. The second kappa shape index (κ2) is 52.0. The van der Waals surface area contributed by atoms with Crippen molar-refractivity contribution in [3.63, 3.8) is 0 Å². The fraction of sp³-hybridized carbons (Fsp3) is 0.696. The molecule has 1 rings (SSSR count). The lowest BCUT2D eigenvalue weighted by atomic mass is 9.84. The van der Waals surface area contributed by atoms with E-state index in [0.29, 0.717) is 38.5 Å². The maximum absolute atomic E-state index is 13.0. The molecule has 7 unspecified atom stereocenters. The van der Waals surface area contributed by atoms with Gasteiger partial charge in [-0.15, -0.1) is 0 Å². The van der Waals surface area contributed by atoms with E-state index in [4.69, 9.17) is 18.9 Å². The highest BCUT2D eigenvalue weighted by atomic mass is 16.6. The molecule has 0 saturated carbocycles. The van der Waals surface area contributed by atoms with Gasteiger partial charge >= 0.3 is 47.8 Å². The zero-order chi connectivity index (χ0) is 63.4. The number of hydrogen-bond acceptors (Lipinski definition) is 14. The van der Waals surface area contributed by atoms with Crippen molar-refractivity contribution in [2.24, 2.45) is 35.5 Å². The number of allylic oxidation sites excluding steroid dienone is 12. The summed E-state index contributed by atoms with van der Waals surface area (Å²) in [5.41, 5.74) is 0. The number of carboxylic acids is 4. The van der Waals surface area contributed by atoms with Crippen LogP contribution in [-0.4, -0.2) is 88.4 Å². The summed E-state index contributed by atoms with van der Waals surface area (Å²) >= 11 is 0. The maximum Gasteiger partial charge on any atom is 0.317 e. The molecule has 1 aliphatic rings. The summed E-state index contributed by atoms with van der Waals surface area (Å²) in [7, 11) is 0. The molecule has 0 aliphatic carbocycles. The molecule has 0 amide bonds. The van der Waals surface area contributed by atoms with Crippen molar-refractivity contribution in [1.29, 1.82) is 0 Å². The first-order valence-corrected chi connectivity index (χ1v) is 32.6. The van der Waals surface area contributed by atoms with E-state index in [-0.39, 0.29) is 50.7 Å². The summed E-state index contributed by atoms with van der Waals surface area (Å²) in [4.78, 5) is 109. The third-order valence-electron chi connectivity index (χ3n) is 15.6. The van der Waals surface area contributed by atoms with Crippen LogP contribution in [0.15, 0.2) is 72.9 Å². The first kappa shape index (κ1) is 77.9. The predicted octanol–water partition coefficient (Wildman–Crippen LogP) is 14.2. The molecule has 1 fully saturated rings. The van der Waals surface area contributed by atoms with Crippen LogP contribution in [0.1, 0.15) is 252 Å². The molecule has 0 aromatic rings. The molecule has 1 aliphatic heterocycles. The van der Waals surface area contributed by atoms with Crippen LogP contribution >= 0.6 is 0 Å². The fourth-order valence-corrected chi connectivity index (χ4v) is 10.4. The quantitative estimate of drug-likeness (QED) is 0.0127. The first-order valence-electron chi connectivity index (χ1n) is 32.6. The number of carbonyl (C=O) groups is 9. The van der Waals surface area contributed by atoms with E-state index in [9.17, 15) is 63.6 Å². The van der Waals surface area contributed by atoms with E-state index in [1.807, 2.05) is 62.5 Å². The van der Waals surface area contributed by atoms with Gasteiger partial charge in [-0.1, -0.05) is 203 Å². The van der Waals surface area contributed by atoms with Crippen molar-refractivity contribution in [3.8, 4) is 0 Å². The Morgan fingerprint density at radius 2 is 0.988 bits per heavy atom. The summed E-state index contributed by atoms with van der Waals surface area (Å²) in [5, 5.41) is 40.1. The molecular weight excluding hydrogens is 1100 g/mol. The highest BCUT2D eigenvalue weighted by Gasteiger charge is 2.37. The van der Waals surface area contributed by atoms with Crippen LogP contribution in [0, 0.1) is 35.5 Å². The Kier molecular flexibility index (Phi) is 47.1. The first-order chi connectivity index (χ1) is 41.5. The molecule has 0 radical (unpaired) electrons. The third kappa shape index (κ3) is 41.8. The Morgan fingerprint density at radius 3 is 1.52 bits per heavy atom. The van der Waals surface area contributed by atoms with Crippen molar-refractivity contribution < 1.29 is 82.5 Å². The van der Waals surface area contributed by atoms with Crippen molar-refractivity contribution >= 4 is 53.7 Å². The zero-order valence-corrected chi connectivity index (χ0v) is 52.4. The van der Waals surface area contributed by atoms with Crippen LogP contribution in [-0.2, 0) is 62.1 Å². The normalized spacial score (nSPS) is 15.9. The van der Waals surface area contributed by atoms with Gasteiger partial charge in [0, 0.05) is 31.7 Å². The highest BCUT2D eigenvalue weighted by Crippen LogP contribution is 2.29. The van der Waals surface area contributed by atoms with Crippen LogP contribution in [0.5, 0.6) is 0 Å². The van der Waals surface area contributed by atoms with E-state index in [1.165, 1.54) is 0 Å². The van der Waals surface area contributed by atoms with Gasteiger partial charge in [0.25, 0.3) is 0 Å². The summed E-state index contributed by atoms with van der Waals surface area (Å²) in [6.07, 6.45) is 47.9. The van der Waals surface area contributed by atoms with Crippen LogP contribution in [0.4, 0.5) is 0 Å². The second-order valence-corrected chi connectivity index (χ2v) is 22.9. The Balaban J connectivity index is 2.63. The van der Waals surface area contributed by atoms with Crippen LogP contribution in [0.25, 0.3) is 0 Å². The van der Waals surface area contributed by atoms with Gasteiger partial charge in [0.15, 0.2) is 6.10 Å². The number of ether oxygens (including phenoxy) is 4. The number of hydrogen-bond donors (Lipinski definition) is 3. The lowest BCUT2D eigenvalue weighted by Gasteiger charge is -2.21. The number of carbonyl (C=O) groups excluding carboxylic acids is 6. The topological polar surface area (TPSA) is 274 Å². The smallest absolute Gasteiger partial charge is 0.317 e. The molecule has 7 atom stereocenters. The Hall–Kier alpha value is -6.13. The molecule has 486 valence electrons. The fourth-order valence-electron chi connectivity index (χ4n) is 10.4. The number of cyclic esters (lactones) is 2. The Labute approximate surface area is 513 Å². The predicted molar refractivity (Wildman–Crippen MR) is 330 cm³/mol. The lowest BCUT2D eigenvalue weighted by Crippen LogP contribution is -2.32. The summed E-state index contributed by atoms with van der Waals surface area (Å²) in [6.45, 7) is 5.68. The number of unbranched alkanes of at least 4 members (excludes halogenated alkanes) is 21. The van der Waals surface area contributed by atoms with Gasteiger partial charge in [-0.2, -0.15) is 0 Å². The second-order valence-electron chi connectivity index (χ2n) is 22.9. The third-order valence-corrected chi connectivity index (χ3v) is 15.6. The number of rotatable bonds is 56. The average molecular weight is 1210 g/mol. The summed E-state index contributed by atoms with van der Waals surface area (Å²) in [6, 6.07) is 0. The van der Waals surface area contributed by atoms with E-state index >= 15 is 0 Å². The van der Waals surface area contributed by atoms with Crippen LogP contribution < -0.4 is 5.11 Å². The van der Waals surface area contributed by atoms with E-state index in [0.717, 1.165) is 154 Å². The number of carboxylic acid groups (broad SMARTS) is 4. The number of esters is 5. The van der Waals surface area contributed by atoms with Gasteiger partial charge in [0.05, 0.1) is 30.6 Å². The van der Waals surface area contributed by atoms with Gasteiger partial charge in [-0.25, -0.2) is 0 Å². The van der Waals surface area contributed by atoms with E-state index in [1.54, 1.807) is 12.2 Å². The van der Waals surface area contributed by atoms with Gasteiger partial charge in [-0.05, 0) is 101 Å². The molecular formula is C69H107O17-. The van der Waals surface area contributed by atoms with Crippen molar-refractivity contribution in [2.75, 3.05) is 13.2 Å². The molecule has 17 heteroatoms. The minimum Gasteiger partial charge on any atom is -0.550 e. The zero-order valence-electron chi connectivity index (χ0n) is 52.4. The average Bonchev–Trinajstić information content (AvgIpc) is 4.00. The van der Waals surface area contributed by atoms with Crippen molar-refractivity contribution in [3.05, 3.63) is 72.9 Å². The maximum atomic E-state index is 13.0. The minimum absolute atomic E-state index is 0.0306. The monoisotopic (exact) mass is 1210 g/mol.